The number of rotatable bonds is 1. The van der Waals surface area contributed by atoms with Crippen molar-refractivity contribution in [2.45, 2.75) is 13.8 Å². The van der Waals surface area contributed by atoms with E-state index in [2.05, 4.69) is 44.5 Å². The largest absolute Gasteiger partial charge is 0.303 e. The fourth-order valence-corrected chi connectivity index (χ4v) is 1.98. The third kappa shape index (κ3) is 1.60. The Hall–Kier alpha value is -1.09. The molecule has 1 heterocycles. The van der Waals surface area contributed by atoms with Gasteiger partial charge in [-0.25, -0.2) is 4.98 Å². The molecule has 0 spiro atoms. The second kappa shape index (κ2) is 3.58. The highest BCUT2D eigenvalue weighted by Gasteiger charge is 2.05. The molecule has 2 aromatic rings. The molecule has 2 nitrogen and oxygen atoms in total. The smallest absolute Gasteiger partial charge is 0.124 e. The van der Waals surface area contributed by atoms with Gasteiger partial charge in [-0.2, -0.15) is 0 Å². The summed E-state index contributed by atoms with van der Waals surface area (Å²) in [5.41, 5.74) is 2.43. The van der Waals surface area contributed by atoms with Crippen molar-refractivity contribution in [1.82, 2.24) is 9.55 Å². The maximum atomic E-state index is 4.31. The second-order valence-electron chi connectivity index (χ2n) is 3.27. The van der Waals surface area contributed by atoms with Crippen LogP contribution in [0.5, 0.6) is 0 Å². The third-order valence-corrected chi connectivity index (χ3v) is 2.61. The van der Waals surface area contributed by atoms with Gasteiger partial charge in [0.2, 0.25) is 0 Å². The summed E-state index contributed by atoms with van der Waals surface area (Å²) in [6.07, 6.45) is 1.98. The van der Waals surface area contributed by atoms with Crippen molar-refractivity contribution < 1.29 is 0 Å². The van der Waals surface area contributed by atoms with Crippen LogP contribution in [-0.2, 0) is 0 Å². The number of aryl methyl sites for hydroxylation is 2. The van der Waals surface area contributed by atoms with E-state index in [4.69, 9.17) is 0 Å². The first-order valence-corrected chi connectivity index (χ1v) is 5.25. The number of benzene rings is 1. The van der Waals surface area contributed by atoms with Gasteiger partial charge < -0.3 is 4.57 Å². The lowest BCUT2D eigenvalue weighted by Crippen LogP contribution is -1.97. The van der Waals surface area contributed by atoms with Crippen LogP contribution in [-0.4, -0.2) is 9.55 Å². The first-order chi connectivity index (χ1) is 6.68. The van der Waals surface area contributed by atoms with E-state index in [1.54, 1.807) is 0 Å². The average Bonchev–Trinajstić information content (AvgIpc) is 2.46. The molecule has 0 saturated heterocycles. The van der Waals surface area contributed by atoms with Crippen LogP contribution in [0.15, 0.2) is 35.1 Å². The number of para-hydroxylation sites is 1. The predicted octanol–water partition coefficient (Wildman–Crippen LogP) is 3.25. The summed E-state index contributed by atoms with van der Waals surface area (Å²) in [6.45, 7) is 4.10. The van der Waals surface area contributed by atoms with Crippen molar-refractivity contribution in [3.05, 3.63) is 46.5 Å². The summed E-state index contributed by atoms with van der Waals surface area (Å²) >= 11 is 3.37. The first-order valence-electron chi connectivity index (χ1n) is 4.46. The Morgan fingerprint density at radius 3 is 2.50 bits per heavy atom. The summed E-state index contributed by atoms with van der Waals surface area (Å²) in [4.78, 5) is 4.31. The number of aromatic nitrogens is 2. The van der Waals surface area contributed by atoms with Crippen molar-refractivity contribution in [3.63, 3.8) is 0 Å². The summed E-state index contributed by atoms with van der Waals surface area (Å²) in [6, 6.07) is 8.27. The minimum absolute atomic E-state index is 0.873. The van der Waals surface area contributed by atoms with Crippen LogP contribution in [0.4, 0.5) is 0 Å². The molecule has 14 heavy (non-hydrogen) atoms. The van der Waals surface area contributed by atoms with E-state index in [9.17, 15) is 0 Å². The van der Waals surface area contributed by atoms with Crippen molar-refractivity contribution in [2.75, 3.05) is 0 Å². The highest BCUT2D eigenvalue weighted by molar-refractivity contribution is 9.10. The van der Waals surface area contributed by atoms with Crippen molar-refractivity contribution >= 4 is 15.9 Å². The van der Waals surface area contributed by atoms with Gasteiger partial charge in [0.25, 0.3) is 0 Å². The Balaban J connectivity index is 2.60. The molecule has 0 aliphatic rings. The molecule has 0 radical (unpaired) electrons. The topological polar surface area (TPSA) is 17.8 Å². The average molecular weight is 251 g/mol. The summed E-state index contributed by atoms with van der Waals surface area (Å²) in [5.74, 6) is 0.992. The number of hydrogen-bond acceptors (Lipinski definition) is 1. The molecule has 72 valence electrons. The van der Waals surface area contributed by atoms with E-state index in [1.165, 1.54) is 11.3 Å². The second-order valence-corrected chi connectivity index (χ2v) is 4.08. The molecular weight excluding hydrogens is 240 g/mol. The van der Waals surface area contributed by atoms with Crippen molar-refractivity contribution in [1.29, 1.82) is 0 Å². The van der Waals surface area contributed by atoms with E-state index < -0.39 is 0 Å². The van der Waals surface area contributed by atoms with Gasteiger partial charge in [0.1, 0.15) is 10.4 Å². The van der Waals surface area contributed by atoms with Crippen LogP contribution < -0.4 is 0 Å². The Labute approximate surface area is 91.7 Å². The van der Waals surface area contributed by atoms with Crippen LogP contribution in [0.3, 0.4) is 0 Å². The lowest BCUT2D eigenvalue weighted by atomic mass is 10.2. The maximum absolute atomic E-state index is 4.31. The zero-order valence-electron chi connectivity index (χ0n) is 8.16. The molecule has 1 aromatic carbocycles. The quantitative estimate of drug-likeness (QED) is 0.760. The van der Waals surface area contributed by atoms with E-state index in [1.807, 2.05) is 25.3 Å². The minimum Gasteiger partial charge on any atom is -0.303 e. The standard InChI is InChI=1S/C11H11BrN2/c1-8-5-3-4-6-10(8)14-7-11(12)13-9(14)2/h3-7H,1-2H3. The fourth-order valence-electron chi connectivity index (χ4n) is 1.51. The number of nitrogens with zero attached hydrogens (tertiary/aromatic N) is 2. The molecule has 0 bridgehead atoms. The Morgan fingerprint density at radius 1 is 1.21 bits per heavy atom. The third-order valence-electron chi connectivity index (χ3n) is 2.23. The molecule has 2 rings (SSSR count). The van der Waals surface area contributed by atoms with Gasteiger partial charge in [0, 0.05) is 11.9 Å². The van der Waals surface area contributed by atoms with Gasteiger partial charge in [-0.15, -0.1) is 0 Å². The number of imidazole rings is 1. The van der Waals surface area contributed by atoms with Gasteiger partial charge in [-0.1, -0.05) is 18.2 Å². The van der Waals surface area contributed by atoms with E-state index in [-0.39, 0.29) is 0 Å². The minimum atomic E-state index is 0.873. The molecule has 0 fully saturated rings. The van der Waals surface area contributed by atoms with Crippen LogP contribution in [0, 0.1) is 13.8 Å². The molecular formula is C11H11BrN2. The normalized spacial score (nSPS) is 10.5. The summed E-state index contributed by atoms with van der Waals surface area (Å²) in [7, 11) is 0. The molecule has 0 aliphatic carbocycles. The van der Waals surface area contributed by atoms with Crippen molar-refractivity contribution in [2.24, 2.45) is 0 Å². The molecule has 0 saturated carbocycles. The lowest BCUT2D eigenvalue weighted by molar-refractivity contribution is 0.964. The molecule has 1 aromatic heterocycles. The molecule has 0 amide bonds. The number of hydrogen-bond donors (Lipinski definition) is 0. The van der Waals surface area contributed by atoms with E-state index >= 15 is 0 Å². The Bertz CT molecular complexity index is 460. The molecule has 0 N–H and O–H groups in total. The monoisotopic (exact) mass is 250 g/mol. The van der Waals surface area contributed by atoms with E-state index in [0.717, 1.165) is 10.4 Å². The maximum Gasteiger partial charge on any atom is 0.124 e. The lowest BCUT2D eigenvalue weighted by Gasteiger charge is -2.07. The van der Waals surface area contributed by atoms with Crippen LogP contribution >= 0.6 is 15.9 Å². The summed E-state index contributed by atoms with van der Waals surface area (Å²) < 4.78 is 2.96. The Morgan fingerprint density at radius 2 is 1.93 bits per heavy atom. The van der Waals surface area contributed by atoms with Gasteiger partial charge >= 0.3 is 0 Å². The van der Waals surface area contributed by atoms with Gasteiger partial charge in [0.05, 0.1) is 0 Å². The Kier molecular flexibility index (Phi) is 2.42. The van der Waals surface area contributed by atoms with Gasteiger partial charge in [-0.05, 0) is 41.4 Å². The van der Waals surface area contributed by atoms with Gasteiger partial charge in [0.15, 0.2) is 0 Å². The number of halogens is 1. The van der Waals surface area contributed by atoms with Crippen LogP contribution in [0.2, 0.25) is 0 Å². The fraction of sp³-hybridized carbons (Fsp3) is 0.182. The zero-order chi connectivity index (χ0) is 10.1. The van der Waals surface area contributed by atoms with Gasteiger partial charge in [-0.3, -0.25) is 0 Å². The van der Waals surface area contributed by atoms with E-state index in [0.29, 0.717) is 0 Å². The van der Waals surface area contributed by atoms with Crippen LogP contribution in [0.25, 0.3) is 5.69 Å². The summed E-state index contributed by atoms with van der Waals surface area (Å²) in [5, 5.41) is 0. The molecule has 3 heteroatoms. The zero-order valence-corrected chi connectivity index (χ0v) is 9.75. The first kappa shape index (κ1) is 9.46. The highest BCUT2D eigenvalue weighted by atomic mass is 79.9. The SMILES string of the molecule is Cc1ccccc1-n1cc(Br)nc1C. The molecule has 0 atom stereocenters. The highest BCUT2D eigenvalue weighted by Crippen LogP contribution is 2.18. The van der Waals surface area contributed by atoms with Crippen molar-refractivity contribution in [3.8, 4) is 5.69 Å². The predicted molar refractivity (Wildman–Crippen MR) is 60.7 cm³/mol. The molecule has 0 aliphatic heterocycles. The molecule has 0 unspecified atom stereocenters. The van der Waals surface area contributed by atoms with Crippen LogP contribution in [0.1, 0.15) is 11.4 Å².